The van der Waals surface area contributed by atoms with Crippen LogP contribution in [0.1, 0.15) is 20.8 Å². The summed E-state index contributed by atoms with van der Waals surface area (Å²) in [5, 5.41) is 190. The summed E-state index contributed by atoms with van der Waals surface area (Å²) in [7, 11) is 0. The Labute approximate surface area is 431 Å². The summed E-state index contributed by atoms with van der Waals surface area (Å²) in [6.45, 7) is -2.25. The molecule has 6 aliphatic heterocycles. The number of aliphatic hydroxyl groups is 17. The zero-order chi connectivity index (χ0) is 56.2. The first-order valence-electron chi connectivity index (χ1n) is 24.1. The van der Waals surface area contributed by atoms with Gasteiger partial charge in [-0.15, -0.1) is 0 Å². The van der Waals surface area contributed by atoms with Gasteiger partial charge in [-0.2, -0.15) is 0 Å². The first-order chi connectivity index (χ1) is 35.9. The summed E-state index contributed by atoms with van der Waals surface area (Å²) in [6, 6.07) is -4.75. The molecule has 76 heavy (non-hydrogen) atoms. The lowest BCUT2D eigenvalue weighted by Gasteiger charge is -2.50. The highest BCUT2D eigenvalue weighted by Crippen LogP contribution is 2.36. The monoisotopic (exact) mass is 1110 g/mol. The quantitative estimate of drug-likeness (QED) is 0.0571. The predicted octanol–water partition coefficient (Wildman–Crippen LogP) is -13.7. The smallest absolute Gasteiger partial charge is 0.217 e. The van der Waals surface area contributed by atoms with Crippen LogP contribution in [0.25, 0.3) is 0 Å². The van der Waals surface area contributed by atoms with Crippen LogP contribution in [-0.4, -0.2) is 328 Å². The van der Waals surface area contributed by atoms with Crippen LogP contribution in [0.4, 0.5) is 0 Å². The molecule has 0 aromatic heterocycles. The Bertz CT molecular complexity index is 1870. The molecule has 6 aliphatic rings. The second kappa shape index (κ2) is 27.2. The highest BCUT2D eigenvalue weighted by Gasteiger charge is 2.57. The maximum Gasteiger partial charge on any atom is 0.217 e. The molecule has 0 aromatic carbocycles. The van der Waals surface area contributed by atoms with Crippen molar-refractivity contribution in [1.29, 1.82) is 0 Å². The van der Waals surface area contributed by atoms with Crippen molar-refractivity contribution in [1.82, 2.24) is 16.0 Å². The summed E-state index contributed by atoms with van der Waals surface area (Å²) in [5.41, 5.74) is 0. The van der Waals surface area contributed by atoms with E-state index < -0.39 is 241 Å². The van der Waals surface area contributed by atoms with E-state index in [2.05, 4.69) is 16.0 Å². The maximum atomic E-state index is 12.6. The Morgan fingerprint density at radius 3 is 1.22 bits per heavy atom. The van der Waals surface area contributed by atoms with Gasteiger partial charge in [0.1, 0.15) is 146 Å². The molecule has 6 saturated heterocycles. The average Bonchev–Trinajstić information content (AvgIpc) is 3.37. The maximum absolute atomic E-state index is 12.6. The Balaban J connectivity index is 1.24. The third-order valence-electron chi connectivity index (χ3n) is 13.6. The molecule has 0 aromatic rings. The van der Waals surface area contributed by atoms with Crippen LogP contribution in [0.2, 0.25) is 0 Å². The van der Waals surface area contributed by atoms with Gasteiger partial charge in [-0.3, -0.25) is 14.4 Å². The molecule has 0 radical (unpaired) electrons. The molecule has 440 valence electrons. The van der Waals surface area contributed by atoms with Crippen molar-refractivity contribution in [3.63, 3.8) is 0 Å². The van der Waals surface area contributed by atoms with Gasteiger partial charge in [-0.1, -0.05) is 0 Å². The minimum atomic E-state index is -2.25. The summed E-state index contributed by atoms with van der Waals surface area (Å²) in [4.78, 5) is 36.4. The highest BCUT2D eigenvalue weighted by molar-refractivity contribution is 5.74. The second-order valence-electron chi connectivity index (χ2n) is 19.0. The number of aliphatic hydroxyl groups excluding tert-OH is 17. The molecule has 0 aliphatic carbocycles. The van der Waals surface area contributed by atoms with E-state index in [0.717, 1.165) is 20.8 Å². The fourth-order valence-corrected chi connectivity index (χ4v) is 9.51. The zero-order valence-electron chi connectivity index (χ0n) is 40.9. The lowest BCUT2D eigenvalue weighted by molar-refractivity contribution is -0.391. The van der Waals surface area contributed by atoms with Crippen LogP contribution < -0.4 is 16.0 Å². The number of hydrogen-bond donors (Lipinski definition) is 20. The Kier molecular flexibility index (Phi) is 22.3. The number of amides is 3. The number of nitrogens with one attached hydrogen (secondary N) is 3. The van der Waals surface area contributed by atoms with Crippen LogP contribution in [-0.2, 0) is 66.5 Å². The standard InChI is InChI=1S/C42H71N3O31/c1-10(50)43-19-27(58)34(15(6-48)68-37(19)65)74-39-21(45-12(3)52)28(59)35(16(7-49)71-39)75-42-36(76-41-33(64)29(60)23(54)14(5-47)70-41)31(62)25(56)18(73-42)9-67-40-32(63)30(61)24(55)17(72-40)8-66-38-20(44-11(2)51)26(57)22(53)13(4-46)69-38/h13-42,46-49,53-65H,4-9H2,1-3H3,(H,43,50)(H,44,51)(H,45,52)/t13-,14-,15-,16-,17-,18-,19-,20-,21-,22-,23-,24-,25-,26-,27-,28-,29+,30+,31+,32+,33+,34-,35-,36+,37-,38+,39-,40-,41-,42-/m1/s1. The van der Waals surface area contributed by atoms with Crippen LogP contribution in [0.15, 0.2) is 0 Å². The second-order valence-corrected chi connectivity index (χ2v) is 19.0. The van der Waals surface area contributed by atoms with Crippen LogP contribution in [0, 0.1) is 0 Å². The van der Waals surface area contributed by atoms with Gasteiger partial charge >= 0.3 is 0 Å². The largest absolute Gasteiger partial charge is 0.394 e. The van der Waals surface area contributed by atoms with Crippen molar-refractivity contribution >= 4 is 17.7 Å². The molecule has 6 heterocycles. The van der Waals surface area contributed by atoms with Crippen LogP contribution in [0.5, 0.6) is 0 Å². The van der Waals surface area contributed by atoms with E-state index >= 15 is 0 Å². The Morgan fingerprint density at radius 2 is 0.697 bits per heavy atom. The molecule has 0 unspecified atom stereocenters. The van der Waals surface area contributed by atoms with Crippen molar-refractivity contribution in [2.75, 3.05) is 39.6 Å². The van der Waals surface area contributed by atoms with Crippen LogP contribution >= 0.6 is 0 Å². The first-order valence-corrected chi connectivity index (χ1v) is 24.1. The number of carbonyl (C=O) groups is 3. The van der Waals surface area contributed by atoms with Crippen molar-refractivity contribution in [2.45, 2.75) is 205 Å². The van der Waals surface area contributed by atoms with Crippen molar-refractivity contribution in [3.05, 3.63) is 0 Å². The van der Waals surface area contributed by atoms with E-state index in [0.29, 0.717) is 0 Å². The van der Waals surface area contributed by atoms with Crippen molar-refractivity contribution < 1.29 is 153 Å². The summed E-state index contributed by atoms with van der Waals surface area (Å²) in [6.07, 6.45) is -50.9. The van der Waals surface area contributed by atoms with Crippen molar-refractivity contribution in [2.24, 2.45) is 0 Å². The predicted molar refractivity (Wildman–Crippen MR) is 234 cm³/mol. The van der Waals surface area contributed by atoms with Crippen LogP contribution in [0.3, 0.4) is 0 Å². The van der Waals surface area contributed by atoms with Gasteiger partial charge in [-0.25, -0.2) is 0 Å². The molecule has 0 saturated carbocycles. The van der Waals surface area contributed by atoms with Gasteiger partial charge in [0.25, 0.3) is 0 Å². The van der Waals surface area contributed by atoms with E-state index in [1.807, 2.05) is 0 Å². The molecule has 6 fully saturated rings. The Hall–Kier alpha value is -2.71. The minimum Gasteiger partial charge on any atom is -0.394 e. The van der Waals surface area contributed by atoms with E-state index in [4.69, 9.17) is 52.1 Å². The third-order valence-corrected chi connectivity index (χ3v) is 13.6. The van der Waals surface area contributed by atoms with Gasteiger partial charge in [0.05, 0.1) is 39.6 Å². The summed E-state index contributed by atoms with van der Waals surface area (Å²) < 4.78 is 63.2. The molecule has 34 heteroatoms. The molecule has 30 atom stereocenters. The van der Waals surface area contributed by atoms with Gasteiger partial charge in [0.15, 0.2) is 37.7 Å². The highest BCUT2D eigenvalue weighted by atomic mass is 16.8. The minimum absolute atomic E-state index is 0.690. The lowest BCUT2D eigenvalue weighted by atomic mass is 9.94. The van der Waals surface area contributed by atoms with E-state index in [9.17, 15) is 101 Å². The normalized spacial score (nSPS) is 48.2. The molecular formula is C42H71N3O31. The fourth-order valence-electron chi connectivity index (χ4n) is 9.51. The number of rotatable bonds is 19. The molecule has 0 bridgehead atoms. The van der Waals surface area contributed by atoms with Gasteiger partial charge < -0.3 is 155 Å². The van der Waals surface area contributed by atoms with E-state index in [1.54, 1.807) is 0 Å². The van der Waals surface area contributed by atoms with Crippen molar-refractivity contribution in [3.8, 4) is 0 Å². The average molecular weight is 1110 g/mol. The summed E-state index contributed by atoms with van der Waals surface area (Å²) >= 11 is 0. The molecule has 20 N–H and O–H groups in total. The topological polar surface area (TPSA) is 533 Å². The Morgan fingerprint density at radius 1 is 0.342 bits per heavy atom. The molecule has 0 spiro atoms. The molecular weight excluding hydrogens is 1040 g/mol. The number of hydrogen-bond acceptors (Lipinski definition) is 31. The van der Waals surface area contributed by atoms with Gasteiger partial charge in [0.2, 0.25) is 17.7 Å². The molecule has 6 rings (SSSR count). The summed E-state index contributed by atoms with van der Waals surface area (Å²) in [5.74, 6) is -2.25. The molecule has 3 amide bonds. The van der Waals surface area contributed by atoms with Gasteiger partial charge in [-0.05, 0) is 0 Å². The number of ether oxygens (including phenoxy) is 11. The van der Waals surface area contributed by atoms with Gasteiger partial charge in [0, 0.05) is 20.8 Å². The van der Waals surface area contributed by atoms with E-state index in [1.165, 1.54) is 0 Å². The molecule has 34 nitrogen and oxygen atoms in total. The SMILES string of the molecule is CC(=O)N[C@@H]1[C@@H](O)[C@H](O[C@H]2O[C@H](CO)[C@@H](O[C@H]3O[C@H](CO[C@@H]4O[C@H](CO[C@H]5O[C@H](CO)[C@@H](O)[C@H](O)[C@H]5NC(C)=O)[C@@H](O)[C@H](O)[C@@H]4O)[C@@H](O)[C@H](O)[C@@H]3O[C@H]3O[C@H](CO)[C@@H](O)[C@H](O)[C@@H]3O)[C@H](O)[C@H]2NC(C)=O)[C@@H](CO)O[C@H]1O. The first kappa shape index (κ1) is 62.5. The number of carbonyl (C=O) groups excluding carboxylic acids is 3. The third kappa shape index (κ3) is 13.9. The zero-order valence-corrected chi connectivity index (χ0v) is 40.9. The fraction of sp³-hybridized carbons (Fsp3) is 0.929. The lowest BCUT2D eigenvalue weighted by Crippen LogP contribution is -2.70. The van der Waals surface area contributed by atoms with E-state index in [-0.39, 0.29) is 0 Å².